The second-order valence-electron chi connectivity index (χ2n) is 7.37. The molecule has 0 aliphatic carbocycles. The summed E-state index contributed by atoms with van der Waals surface area (Å²) in [6.45, 7) is 0.477. The van der Waals surface area contributed by atoms with Crippen LogP contribution in [0, 0.1) is 0 Å². The van der Waals surface area contributed by atoms with Crippen LogP contribution >= 0.6 is 0 Å². The highest BCUT2D eigenvalue weighted by molar-refractivity contribution is 7.92. The first-order valence-corrected chi connectivity index (χ1v) is 11.3. The van der Waals surface area contributed by atoms with Crippen molar-refractivity contribution < 1.29 is 26.4 Å². The second-order valence-corrected chi connectivity index (χ2v) is 9.05. The van der Waals surface area contributed by atoms with Crippen molar-refractivity contribution >= 4 is 27.3 Å². The number of benzene rings is 3. The van der Waals surface area contributed by atoms with Gasteiger partial charge in [0.25, 0.3) is 15.9 Å². The molecule has 4 rings (SSSR count). The van der Waals surface area contributed by atoms with Crippen LogP contribution in [0.25, 0.3) is 0 Å². The summed E-state index contributed by atoms with van der Waals surface area (Å²) in [4.78, 5) is 14.4. The zero-order chi connectivity index (χ0) is 22.9. The van der Waals surface area contributed by atoms with Crippen molar-refractivity contribution in [2.24, 2.45) is 0 Å². The molecule has 3 aromatic rings. The Balaban J connectivity index is 1.67. The molecule has 1 N–H and O–H groups in total. The van der Waals surface area contributed by atoms with Gasteiger partial charge in [-0.1, -0.05) is 36.4 Å². The lowest BCUT2D eigenvalue weighted by Crippen LogP contribution is -2.36. The molecule has 5 nitrogen and oxygen atoms in total. The van der Waals surface area contributed by atoms with Crippen molar-refractivity contribution in [1.82, 2.24) is 0 Å². The molecule has 0 saturated heterocycles. The molecule has 0 bridgehead atoms. The number of anilines is 2. The monoisotopic (exact) mass is 460 g/mol. The van der Waals surface area contributed by atoms with Gasteiger partial charge in [-0.3, -0.25) is 9.52 Å². The standard InChI is InChI=1S/C23H19F3N2O3S/c24-23(25,26)17-9-5-10-18(15-17)32(30,31)27-20-12-3-2-11-19(20)22(29)28-14-6-8-16-7-1-4-13-21(16)28/h1-5,7,9-13,15,27H,6,8,14H2. The predicted octanol–water partition coefficient (Wildman–Crippen LogP) is 5.10. The fourth-order valence-corrected chi connectivity index (χ4v) is 4.82. The summed E-state index contributed by atoms with van der Waals surface area (Å²) < 4.78 is 67.0. The van der Waals surface area contributed by atoms with Crippen molar-refractivity contribution in [2.75, 3.05) is 16.2 Å². The lowest BCUT2D eigenvalue weighted by Gasteiger charge is -2.30. The van der Waals surface area contributed by atoms with E-state index in [9.17, 15) is 26.4 Å². The number of alkyl halides is 3. The van der Waals surface area contributed by atoms with Crippen molar-refractivity contribution in [1.29, 1.82) is 0 Å². The number of amides is 1. The van der Waals surface area contributed by atoms with E-state index in [1.165, 1.54) is 12.1 Å². The number of rotatable bonds is 4. The molecule has 0 aromatic heterocycles. The Morgan fingerprint density at radius 2 is 1.66 bits per heavy atom. The number of hydrogen-bond donors (Lipinski definition) is 1. The van der Waals surface area contributed by atoms with Crippen LogP contribution in [0.15, 0.2) is 77.7 Å². The van der Waals surface area contributed by atoms with Gasteiger partial charge in [-0.15, -0.1) is 0 Å². The van der Waals surface area contributed by atoms with Crippen molar-refractivity contribution in [2.45, 2.75) is 23.9 Å². The van der Waals surface area contributed by atoms with Crippen LogP contribution < -0.4 is 9.62 Å². The first kappa shape index (κ1) is 21.9. The zero-order valence-corrected chi connectivity index (χ0v) is 17.6. The molecule has 1 aliphatic rings. The van der Waals surface area contributed by atoms with Gasteiger partial charge in [0.15, 0.2) is 0 Å². The van der Waals surface area contributed by atoms with Gasteiger partial charge in [0.2, 0.25) is 0 Å². The first-order valence-electron chi connectivity index (χ1n) is 9.86. The lowest BCUT2D eigenvalue weighted by molar-refractivity contribution is -0.137. The van der Waals surface area contributed by atoms with E-state index < -0.39 is 26.7 Å². The quantitative estimate of drug-likeness (QED) is 0.589. The summed E-state index contributed by atoms with van der Waals surface area (Å²) in [5, 5.41) is 0. The second kappa shape index (κ2) is 8.31. The highest BCUT2D eigenvalue weighted by Gasteiger charge is 2.32. The van der Waals surface area contributed by atoms with Gasteiger partial charge in [-0.25, -0.2) is 8.42 Å². The van der Waals surface area contributed by atoms with Gasteiger partial charge in [-0.2, -0.15) is 13.2 Å². The maximum absolute atomic E-state index is 13.3. The molecule has 1 amide bonds. The average molecular weight is 460 g/mol. The molecule has 0 radical (unpaired) electrons. The maximum atomic E-state index is 13.3. The van der Waals surface area contributed by atoms with Gasteiger partial charge in [0.1, 0.15) is 0 Å². The Kier molecular flexibility index (Phi) is 5.68. The smallest absolute Gasteiger partial charge is 0.308 e. The molecule has 3 aromatic carbocycles. The average Bonchev–Trinajstić information content (AvgIpc) is 2.78. The topological polar surface area (TPSA) is 66.5 Å². The highest BCUT2D eigenvalue weighted by Crippen LogP contribution is 2.32. The minimum atomic E-state index is -4.68. The van der Waals surface area contributed by atoms with E-state index in [1.54, 1.807) is 17.0 Å². The van der Waals surface area contributed by atoms with Gasteiger partial charge in [0.05, 0.1) is 21.7 Å². The van der Waals surface area contributed by atoms with E-state index in [1.807, 2.05) is 24.3 Å². The van der Waals surface area contributed by atoms with E-state index in [0.717, 1.165) is 42.3 Å². The van der Waals surface area contributed by atoms with E-state index in [0.29, 0.717) is 12.6 Å². The zero-order valence-electron chi connectivity index (χ0n) is 16.8. The largest absolute Gasteiger partial charge is 0.416 e. The Morgan fingerprint density at radius 3 is 2.44 bits per heavy atom. The maximum Gasteiger partial charge on any atom is 0.416 e. The summed E-state index contributed by atoms with van der Waals surface area (Å²) in [6, 6.07) is 17.0. The van der Waals surface area contributed by atoms with Gasteiger partial charge in [0, 0.05) is 12.2 Å². The first-order chi connectivity index (χ1) is 15.2. The molecule has 0 fully saturated rings. The molecule has 1 heterocycles. The molecule has 9 heteroatoms. The van der Waals surface area contributed by atoms with Crippen LogP contribution in [0.4, 0.5) is 24.5 Å². The summed E-state index contributed by atoms with van der Waals surface area (Å²) in [5.41, 5.74) is 0.820. The van der Waals surface area contributed by atoms with Crippen LogP contribution in [0.5, 0.6) is 0 Å². The number of carbonyl (C=O) groups is 1. The van der Waals surface area contributed by atoms with Crippen LogP contribution in [-0.2, 0) is 22.6 Å². The third-order valence-corrected chi connectivity index (χ3v) is 6.59. The molecule has 1 aliphatic heterocycles. The number of nitrogens with zero attached hydrogens (tertiary/aromatic N) is 1. The molecule has 0 spiro atoms. The molecule has 166 valence electrons. The number of sulfonamides is 1. The van der Waals surface area contributed by atoms with Crippen LogP contribution in [0.3, 0.4) is 0 Å². The van der Waals surface area contributed by atoms with Crippen LogP contribution in [-0.4, -0.2) is 20.9 Å². The van der Waals surface area contributed by atoms with Crippen molar-refractivity contribution in [3.8, 4) is 0 Å². The normalized spacial score (nSPS) is 14.0. The van der Waals surface area contributed by atoms with Crippen molar-refractivity contribution in [3.63, 3.8) is 0 Å². The van der Waals surface area contributed by atoms with E-state index in [-0.39, 0.29) is 17.2 Å². The minimum absolute atomic E-state index is 0.00188. The molecule has 0 atom stereocenters. The molecule has 0 saturated carbocycles. The Hall–Kier alpha value is -3.33. The number of fused-ring (bicyclic) bond motifs is 1. The number of hydrogen-bond acceptors (Lipinski definition) is 3. The predicted molar refractivity (Wildman–Crippen MR) is 115 cm³/mol. The molecule has 32 heavy (non-hydrogen) atoms. The summed E-state index contributed by atoms with van der Waals surface area (Å²) in [5.74, 6) is -0.389. The lowest BCUT2D eigenvalue weighted by atomic mass is 10.0. The fourth-order valence-electron chi connectivity index (χ4n) is 3.69. The third kappa shape index (κ3) is 4.34. The number of nitrogens with one attached hydrogen (secondary N) is 1. The van der Waals surface area contributed by atoms with Crippen molar-refractivity contribution in [3.05, 3.63) is 89.5 Å². The number of halogens is 3. The summed E-state index contributed by atoms with van der Waals surface area (Å²) in [7, 11) is -4.36. The number of aryl methyl sites for hydroxylation is 1. The Morgan fingerprint density at radius 1 is 0.938 bits per heavy atom. The van der Waals surface area contributed by atoms with Gasteiger partial charge >= 0.3 is 6.18 Å². The van der Waals surface area contributed by atoms with E-state index >= 15 is 0 Å². The molecular weight excluding hydrogens is 441 g/mol. The Bertz CT molecular complexity index is 1270. The Labute approximate surface area is 183 Å². The summed E-state index contributed by atoms with van der Waals surface area (Å²) in [6.07, 6.45) is -3.08. The number of para-hydroxylation sites is 2. The van der Waals surface area contributed by atoms with Gasteiger partial charge in [-0.05, 0) is 54.8 Å². The van der Waals surface area contributed by atoms with E-state index in [2.05, 4.69) is 4.72 Å². The minimum Gasteiger partial charge on any atom is -0.308 e. The number of carbonyl (C=O) groups excluding carboxylic acids is 1. The van der Waals surface area contributed by atoms with Gasteiger partial charge < -0.3 is 4.90 Å². The van der Waals surface area contributed by atoms with E-state index in [4.69, 9.17) is 0 Å². The molecular formula is C23H19F3N2O3S. The van der Waals surface area contributed by atoms with Crippen LogP contribution in [0.2, 0.25) is 0 Å². The van der Waals surface area contributed by atoms with Crippen LogP contribution in [0.1, 0.15) is 27.9 Å². The highest BCUT2D eigenvalue weighted by atomic mass is 32.2. The fraction of sp³-hybridized carbons (Fsp3) is 0.174. The SMILES string of the molecule is O=C(c1ccccc1NS(=O)(=O)c1cccc(C(F)(F)F)c1)N1CCCc2ccccc21. The summed E-state index contributed by atoms with van der Waals surface area (Å²) >= 11 is 0. The molecule has 0 unspecified atom stereocenters. The third-order valence-electron chi connectivity index (χ3n) is 5.23.